The molecule has 0 bridgehead atoms. The third-order valence-corrected chi connectivity index (χ3v) is 2.87. The predicted molar refractivity (Wildman–Crippen MR) is 59.0 cm³/mol. The number of fused-ring (bicyclic) bond motifs is 1. The van der Waals surface area contributed by atoms with Gasteiger partial charge in [0.1, 0.15) is 6.42 Å². The monoisotopic (exact) mass is 259 g/mol. The van der Waals surface area contributed by atoms with Crippen molar-refractivity contribution in [3.63, 3.8) is 0 Å². The Balaban J connectivity index is 2.26. The van der Waals surface area contributed by atoms with E-state index in [1.807, 2.05) is 0 Å². The van der Waals surface area contributed by atoms with E-state index in [-0.39, 0.29) is 13.0 Å². The summed E-state index contributed by atoms with van der Waals surface area (Å²) in [7, 11) is 0. The molecular weight excluding hydrogens is 247 g/mol. The minimum atomic E-state index is -4.51. The molecule has 18 heavy (non-hydrogen) atoms. The van der Waals surface area contributed by atoms with Crippen molar-refractivity contribution in [1.82, 2.24) is 0 Å². The van der Waals surface area contributed by atoms with Gasteiger partial charge in [-0.2, -0.15) is 13.2 Å². The lowest BCUT2D eigenvalue weighted by Crippen LogP contribution is -2.38. The number of benzene rings is 1. The third-order valence-electron chi connectivity index (χ3n) is 2.87. The number of alkyl halides is 3. The molecule has 0 fully saturated rings. The first kappa shape index (κ1) is 12.9. The molecule has 1 atom stereocenters. The third kappa shape index (κ3) is 2.64. The molecule has 2 rings (SSSR count). The molecule has 98 valence electrons. The van der Waals surface area contributed by atoms with Crippen LogP contribution in [0.2, 0.25) is 0 Å². The van der Waals surface area contributed by atoms with E-state index in [4.69, 9.17) is 0 Å². The van der Waals surface area contributed by atoms with E-state index in [2.05, 4.69) is 0 Å². The summed E-state index contributed by atoms with van der Waals surface area (Å²) in [5.74, 6) is -0.984. The van der Waals surface area contributed by atoms with E-state index < -0.39 is 24.6 Å². The van der Waals surface area contributed by atoms with E-state index in [0.29, 0.717) is 11.3 Å². The van der Waals surface area contributed by atoms with Gasteiger partial charge in [-0.05, 0) is 12.5 Å². The van der Waals surface area contributed by atoms with Crippen molar-refractivity contribution in [3.05, 3.63) is 29.8 Å². The zero-order valence-corrected chi connectivity index (χ0v) is 9.44. The van der Waals surface area contributed by atoms with Gasteiger partial charge in [-0.3, -0.25) is 4.79 Å². The normalized spacial score (nSPS) is 19.6. The largest absolute Gasteiger partial charge is 0.397 e. The lowest BCUT2D eigenvalue weighted by molar-refractivity contribution is -0.152. The van der Waals surface area contributed by atoms with Crippen LogP contribution in [0, 0.1) is 0 Å². The number of para-hydroxylation sites is 1. The summed E-state index contributed by atoms with van der Waals surface area (Å²) in [5, 5.41) is 9.73. The van der Waals surface area contributed by atoms with Gasteiger partial charge in [0.15, 0.2) is 0 Å². The van der Waals surface area contributed by atoms with Crippen LogP contribution in [0.25, 0.3) is 0 Å². The average Bonchev–Trinajstić information content (AvgIpc) is 2.27. The zero-order valence-electron chi connectivity index (χ0n) is 9.44. The Morgan fingerprint density at radius 1 is 1.39 bits per heavy atom. The first-order valence-electron chi connectivity index (χ1n) is 5.52. The average molecular weight is 259 g/mol. The van der Waals surface area contributed by atoms with Gasteiger partial charge in [-0.25, -0.2) is 0 Å². The van der Waals surface area contributed by atoms with Crippen molar-refractivity contribution >= 4 is 11.6 Å². The number of carbonyl (C=O) groups excluding carboxylic acids is 1. The Morgan fingerprint density at radius 3 is 2.72 bits per heavy atom. The van der Waals surface area contributed by atoms with E-state index in [9.17, 15) is 23.1 Å². The quantitative estimate of drug-likeness (QED) is 0.841. The van der Waals surface area contributed by atoms with Crippen LogP contribution in [0.3, 0.4) is 0 Å². The molecular formula is C12H12F3NO2. The smallest absolute Gasteiger partial charge is 0.388 e. The molecule has 3 nitrogen and oxygen atoms in total. The maximum absolute atomic E-state index is 12.2. The van der Waals surface area contributed by atoms with Crippen molar-refractivity contribution in [2.24, 2.45) is 0 Å². The maximum atomic E-state index is 12.2. The topological polar surface area (TPSA) is 40.5 Å². The minimum absolute atomic E-state index is 0.104. The van der Waals surface area contributed by atoms with Crippen molar-refractivity contribution in [2.75, 3.05) is 11.4 Å². The van der Waals surface area contributed by atoms with Crippen molar-refractivity contribution in [2.45, 2.75) is 25.1 Å². The Hall–Kier alpha value is -1.56. The second-order valence-corrected chi connectivity index (χ2v) is 4.20. The van der Waals surface area contributed by atoms with Crippen LogP contribution >= 0.6 is 0 Å². The highest BCUT2D eigenvalue weighted by molar-refractivity contribution is 5.95. The predicted octanol–water partition coefficient (Wildman–Crippen LogP) is 2.41. The Morgan fingerprint density at radius 2 is 2.06 bits per heavy atom. The molecule has 0 radical (unpaired) electrons. The molecule has 0 spiro atoms. The molecule has 1 aliphatic rings. The summed E-state index contributed by atoms with van der Waals surface area (Å²) in [6.45, 7) is 0.104. The van der Waals surface area contributed by atoms with E-state index in [0.717, 1.165) is 4.90 Å². The number of halogens is 3. The van der Waals surface area contributed by atoms with Crippen molar-refractivity contribution in [1.29, 1.82) is 0 Å². The van der Waals surface area contributed by atoms with Crippen molar-refractivity contribution < 1.29 is 23.1 Å². The van der Waals surface area contributed by atoms with Gasteiger partial charge in [0.05, 0.1) is 6.10 Å². The van der Waals surface area contributed by atoms with E-state index >= 15 is 0 Å². The second kappa shape index (κ2) is 4.61. The molecule has 1 aliphatic heterocycles. The second-order valence-electron chi connectivity index (χ2n) is 4.20. The van der Waals surface area contributed by atoms with Crippen LogP contribution in [-0.2, 0) is 4.79 Å². The number of aliphatic hydroxyl groups excluding tert-OH is 1. The summed E-state index contributed by atoms with van der Waals surface area (Å²) in [5.41, 5.74) is 0.866. The minimum Gasteiger partial charge on any atom is -0.388 e. The van der Waals surface area contributed by atoms with Gasteiger partial charge < -0.3 is 10.0 Å². The molecule has 1 amide bonds. The summed E-state index contributed by atoms with van der Waals surface area (Å²) < 4.78 is 36.7. The van der Waals surface area contributed by atoms with Gasteiger partial charge in [-0.1, -0.05) is 18.2 Å². The van der Waals surface area contributed by atoms with Crippen LogP contribution in [0.5, 0.6) is 0 Å². The highest BCUT2D eigenvalue weighted by Gasteiger charge is 2.36. The number of hydrogen-bond acceptors (Lipinski definition) is 2. The van der Waals surface area contributed by atoms with Crippen LogP contribution in [0.15, 0.2) is 24.3 Å². The Bertz CT molecular complexity index is 459. The molecule has 1 N–H and O–H groups in total. The molecule has 0 aliphatic carbocycles. The lowest BCUT2D eigenvalue weighted by Gasteiger charge is -2.32. The fraction of sp³-hybridized carbons (Fsp3) is 0.417. The maximum Gasteiger partial charge on any atom is 0.397 e. The summed E-state index contributed by atoms with van der Waals surface area (Å²) in [6.07, 6.45) is -6.46. The number of amides is 1. The summed E-state index contributed by atoms with van der Waals surface area (Å²) in [6, 6.07) is 6.48. The van der Waals surface area contributed by atoms with Crippen LogP contribution < -0.4 is 4.90 Å². The van der Waals surface area contributed by atoms with Gasteiger partial charge in [-0.15, -0.1) is 0 Å². The zero-order chi connectivity index (χ0) is 13.3. The van der Waals surface area contributed by atoms with Gasteiger partial charge in [0.2, 0.25) is 5.91 Å². The van der Waals surface area contributed by atoms with Crippen molar-refractivity contribution in [3.8, 4) is 0 Å². The molecule has 1 heterocycles. The molecule has 0 aromatic heterocycles. The molecule has 6 heteroatoms. The molecule has 1 unspecified atom stereocenters. The fourth-order valence-corrected chi connectivity index (χ4v) is 2.07. The van der Waals surface area contributed by atoms with E-state index in [1.54, 1.807) is 24.3 Å². The van der Waals surface area contributed by atoms with Gasteiger partial charge >= 0.3 is 6.18 Å². The summed E-state index contributed by atoms with van der Waals surface area (Å²) in [4.78, 5) is 12.7. The SMILES string of the molecule is O=C(CC(F)(F)F)N1CCC(O)c2ccccc21. The van der Waals surface area contributed by atoms with Gasteiger partial charge in [0, 0.05) is 17.8 Å². The van der Waals surface area contributed by atoms with Crippen LogP contribution in [0.1, 0.15) is 24.5 Å². The number of nitrogens with zero attached hydrogens (tertiary/aromatic N) is 1. The number of anilines is 1. The number of rotatable bonds is 1. The number of carbonyl (C=O) groups is 1. The number of hydrogen-bond donors (Lipinski definition) is 1. The van der Waals surface area contributed by atoms with Crippen LogP contribution in [0.4, 0.5) is 18.9 Å². The molecule has 1 aromatic carbocycles. The highest BCUT2D eigenvalue weighted by atomic mass is 19.4. The highest BCUT2D eigenvalue weighted by Crippen LogP contribution is 2.34. The van der Waals surface area contributed by atoms with Gasteiger partial charge in [0.25, 0.3) is 0 Å². The fourth-order valence-electron chi connectivity index (χ4n) is 2.07. The Labute approximate surface area is 102 Å². The first-order valence-corrected chi connectivity index (χ1v) is 5.52. The Kier molecular flexibility index (Phi) is 3.30. The van der Waals surface area contributed by atoms with Crippen LogP contribution in [-0.4, -0.2) is 23.7 Å². The first-order chi connectivity index (χ1) is 8.38. The summed E-state index contributed by atoms with van der Waals surface area (Å²) >= 11 is 0. The van der Waals surface area contributed by atoms with E-state index in [1.165, 1.54) is 0 Å². The number of aliphatic hydroxyl groups is 1. The standard InChI is InChI=1S/C12H12F3NO2/c13-12(14,15)7-11(18)16-6-5-10(17)8-3-1-2-4-9(8)16/h1-4,10,17H,5-7H2. The molecule has 0 saturated heterocycles. The molecule has 1 aromatic rings. The molecule has 0 saturated carbocycles. The lowest BCUT2D eigenvalue weighted by atomic mass is 9.98.